The lowest BCUT2D eigenvalue weighted by molar-refractivity contribution is -0.156. The highest BCUT2D eigenvalue weighted by Crippen LogP contribution is 2.28. The van der Waals surface area contributed by atoms with Gasteiger partial charge in [-0.15, -0.1) is 0 Å². The van der Waals surface area contributed by atoms with Crippen LogP contribution in [0.25, 0.3) is 10.8 Å². The highest BCUT2D eigenvalue weighted by Gasteiger charge is 2.39. The Balaban J connectivity index is 1.80. The number of anilines is 1. The van der Waals surface area contributed by atoms with Gasteiger partial charge in [0.15, 0.2) is 0 Å². The first-order chi connectivity index (χ1) is 13.4. The number of nitrogen functional groups attached to an aromatic ring is 1. The lowest BCUT2D eigenvalue weighted by Crippen LogP contribution is -2.43. The lowest BCUT2D eigenvalue weighted by atomic mass is 9.98. The van der Waals surface area contributed by atoms with Gasteiger partial charge in [-0.2, -0.15) is 13.2 Å². The maximum atomic E-state index is 13.6. The first-order valence-corrected chi connectivity index (χ1v) is 9.00. The predicted octanol–water partition coefficient (Wildman–Crippen LogP) is 5.45. The van der Waals surface area contributed by atoms with Crippen molar-refractivity contribution in [2.24, 2.45) is 0 Å². The van der Waals surface area contributed by atoms with Gasteiger partial charge in [-0.3, -0.25) is 5.32 Å². The summed E-state index contributed by atoms with van der Waals surface area (Å²) in [6.45, 7) is 1.74. The number of nitrogens with two attached hydrogens (primary N) is 1. The van der Waals surface area contributed by atoms with Crippen molar-refractivity contribution in [2.45, 2.75) is 31.6 Å². The fraction of sp³-hybridized carbons (Fsp3) is 0.217. The molecule has 0 aromatic heterocycles. The van der Waals surface area contributed by atoms with Crippen molar-refractivity contribution < 1.29 is 13.2 Å². The first-order valence-electron chi connectivity index (χ1n) is 9.00. The van der Waals surface area contributed by atoms with Crippen molar-refractivity contribution >= 4 is 16.5 Å². The van der Waals surface area contributed by atoms with Gasteiger partial charge in [0.1, 0.15) is 6.04 Å². The maximum absolute atomic E-state index is 13.6. The van der Waals surface area contributed by atoms with Crippen LogP contribution in [0.4, 0.5) is 18.9 Å². The molecule has 0 amide bonds. The number of benzene rings is 3. The van der Waals surface area contributed by atoms with E-state index < -0.39 is 18.3 Å². The van der Waals surface area contributed by atoms with Crippen molar-refractivity contribution in [1.82, 2.24) is 5.32 Å². The van der Waals surface area contributed by atoms with E-state index in [0.29, 0.717) is 11.3 Å². The normalized spacial score (nSPS) is 13.6. The molecular weight excluding hydrogens is 361 g/mol. The molecule has 0 bridgehead atoms. The molecule has 0 aliphatic carbocycles. The number of hydrogen-bond acceptors (Lipinski definition) is 2. The molecule has 144 valence electrons. The van der Waals surface area contributed by atoms with Crippen LogP contribution in [0.2, 0.25) is 0 Å². The smallest absolute Gasteiger partial charge is 0.398 e. The minimum absolute atomic E-state index is 0.354. The van der Waals surface area contributed by atoms with Crippen LogP contribution in [0, 0.1) is 11.8 Å². The van der Waals surface area contributed by atoms with Crippen LogP contribution in [-0.4, -0.2) is 12.2 Å². The minimum atomic E-state index is -4.41. The number of para-hydroxylation sites is 1. The SMILES string of the molecule is C[C@@H](N[C@H](CC#Cc1ccccc1N)C(F)(F)F)c1cccc2ccccc12. The standard InChI is InChI=1S/C23H21F3N2/c1-16(19-13-6-10-17-8-2-4-12-20(17)19)28-22(23(24,25)26)15-7-11-18-9-3-5-14-21(18)27/h2-6,8-10,12-14,16,22,28H,15,27H2,1H3/t16-,22-/m1/s1. The summed E-state index contributed by atoms with van der Waals surface area (Å²) < 4.78 is 40.7. The third-order valence-electron chi connectivity index (χ3n) is 4.63. The molecule has 5 heteroatoms. The fourth-order valence-corrected chi connectivity index (χ4v) is 3.15. The second-order valence-electron chi connectivity index (χ2n) is 6.64. The zero-order chi connectivity index (χ0) is 20.1. The predicted molar refractivity (Wildman–Crippen MR) is 108 cm³/mol. The topological polar surface area (TPSA) is 38.0 Å². The molecule has 0 aliphatic rings. The highest BCUT2D eigenvalue weighted by atomic mass is 19.4. The Kier molecular flexibility index (Phi) is 5.91. The summed E-state index contributed by atoms with van der Waals surface area (Å²) >= 11 is 0. The van der Waals surface area contributed by atoms with E-state index in [2.05, 4.69) is 17.2 Å². The van der Waals surface area contributed by atoms with Gasteiger partial charge in [-0.05, 0) is 35.4 Å². The Morgan fingerprint density at radius 1 is 0.964 bits per heavy atom. The number of hydrogen-bond donors (Lipinski definition) is 2. The summed E-state index contributed by atoms with van der Waals surface area (Å²) in [5.41, 5.74) is 7.61. The quantitative estimate of drug-likeness (QED) is 0.465. The van der Waals surface area contributed by atoms with Crippen molar-refractivity contribution in [2.75, 3.05) is 5.73 Å². The molecule has 0 aliphatic heterocycles. The molecule has 3 rings (SSSR count). The Morgan fingerprint density at radius 3 is 2.39 bits per heavy atom. The highest BCUT2D eigenvalue weighted by molar-refractivity contribution is 5.86. The van der Waals surface area contributed by atoms with Crippen LogP contribution < -0.4 is 11.1 Å². The van der Waals surface area contributed by atoms with E-state index >= 15 is 0 Å². The molecule has 0 heterocycles. The molecule has 0 unspecified atom stereocenters. The Hall–Kier alpha value is -2.97. The fourth-order valence-electron chi connectivity index (χ4n) is 3.15. The monoisotopic (exact) mass is 382 g/mol. The van der Waals surface area contributed by atoms with Gasteiger partial charge in [0.2, 0.25) is 0 Å². The van der Waals surface area contributed by atoms with Crippen molar-refractivity contribution in [3.63, 3.8) is 0 Å². The van der Waals surface area contributed by atoms with E-state index in [1.54, 1.807) is 31.2 Å². The molecule has 2 nitrogen and oxygen atoms in total. The lowest BCUT2D eigenvalue weighted by Gasteiger charge is -2.25. The van der Waals surface area contributed by atoms with Crippen LogP contribution in [-0.2, 0) is 0 Å². The van der Waals surface area contributed by atoms with Crippen molar-refractivity contribution in [3.05, 3.63) is 77.9 Å². The van der Waals surface area contributed by atoms with Gasteiger partial charge in [0.05, 0.1) is 0 Å². The molecule has 2 atom stereocenters. The largest absolute Gasteiger partial charge is 0.404 e. The second-order valence-corrected chi connectivity index (χ2v) is 6.64. The summed E-state index contributed by atoms with van der Waals surface area (Å²) in [7, 11) is 0. The first kappa shape index (κ1) is 19.8. The average Bonchev–Trinajstić information content (AvgIpc) is 2.67. The van der Waals surface area contributed by atoms with Gasteiger partial charge in [0, 0.05) is 23.7 Å². The average molecular weight is 382 g/mol. The number of halogens is 3. The molecule has 0 spiro atoms. The van der Waals surface area contributed by atoms with E-state index in [0.717, 1.165) is 16.3 Å². The van der Waals surface area contributed by atoms with Gasteiger partial charge >= 0.3 is 6.18 Å². The zero-order valence-corrected chi connectivity index (χ0v) is 15.4. The summed E-state index contributed by atoms with van der Waals surface area (Å²) in [6, 6.07) is 18.0. The third kappa shape index (κ3) is 4.65. The van der Waals surface area contributed by atoms with E-state index in [1.165, 1.54) is 0 Å². The molecule has 3 aromatic carbocycles. The number of fused-ring (bicyclic) bond motifs is 1. The number of nitrogens with one attached hydrogen (secondary N) is 1. The van der Waals surface area contributed by atoms with Crippen LogP contribution in [0.3, 0.4) is 0 Å². The van der Waals surface area contributed by atoms with E-state index in [9.17, 15) is 13.2 Å². The van der Waals surface area contributed by atoms with Crippen LogP contribution in [0.15, 0.2) is 66.7 Å². The molecule has 0 radical (unpaired) electrons. The zero-order valence-electron chi connectivity index (χ0n) is 15.4. The molecule has 3 N–H and O–H groups in total. The van der Waals surface area contributed by atoms with Gasteiger partial charge < -0.3 is 5.73 Å². The molecule has 28 heavy (non-hydrogen) atoms. The third-order valence-corrected chi connectivity index (χ3v) is 4.63. The number of rotatable bonds is 4. The van der Waals surface area contributed by atoms with E-state index in [1.807, 2.05) is 42.5 Å². The summed E-state index contributed by atoms with van der Waals surface area (Å²) in [6.07, 6.45) is -4.76. The summed E-state index contributed by atoms with van der Waals surface area (Å²) in [5, 5.41) is 4.64. The van der Waals surface area contributed by atoms with Gasteiger partial charge in [0.25, 0.3) is 0 Å². The molecular formula is C23H21F3N2. The maximum Gasteiger partial charge on any atom is 0.404 e. The van der Waals surface area contributed by atoms with E-state index in [4.69, 9.17) is 5.73 Å². The number of alkyl halides is 3. The van der Waals surface area contributed by atoms with E-state index in [-0.39, 0.29) is 6.42 Å². The van der Waals surface area contributed by atoms with Crippen molar-refractivity contribution in [3.8, 4) is 11.8 Å². The molecule has 0 saturated heterocycles. The van der Waals surface area contributed by atoms with Crippen molar-refractivity contribution in [1.29, 1.82) is 0 Å². The summed E-state index contributed by atoms with van der Waals surface area (Å²) in [4.78, 5) is 0. The van der Waals surface area contributed by atoms with Crippen LogP contribution in [0.5, 0.6) is 0 Å². The summed E-state index contributed by atoms with van der Waals surface area (Å²) in [5.74, 6) is 5.37. The molecule has 0 fully saturated rings. The Morgan fingerprint density at radius 2 is 1.64 bits per heavy atom. The Labute approximate surface area is 162 Å². The van der Waals surface area contributed by atoms with Gasteiger partial charge in [-0.25, -0.2) is 0 Å². The second kappa shape index (κ2) is 8.37. The Bertz CT molecular complexity index is 1010. The molecule has 3 aromatic rings. The minimum Gasteiger partial charge on any atom is -0.398 e. The molecule has 0 saturated carbocycles. The van der Waals surface area contributed by atoms with Crippen LogP contribution >= 0.6 is 0 Å². The van der Waals surface area contributed by atoms with Crippen LogP contribution in [0.1, 0.15) is 30.5 Å². The van der Waals surface area contributed by atoms with Gasteiger partial charge in [-0.1, -0.05) is 66.4 Å².